The molecule has 5 rings (SSSR count). The molecule has 6 heteroatoms. The standard InChI is InChI=1S/C22H23BN4O/c1-15-14-20-21(19-11-10-16(2)24-22(19)28-20)25(4)23(15)27-13-12-26(17(27)3)18-8-6-5-7-9-18/h5-14,17H,1-4H3/t17-/m0/s1. The van der Waals surface area contributed by atoms with E-state index in [1.807, 2.05) is 13.0 Å². The highest BCUT2D eigenvalue weighted by Crippen LogP contribution is 2.40. The first-order valence-corrected chi connectivity index (χ1v) is 9.65. The molecule has 140 valence electrons. The molecule has 0 N–H and O–H groups in total. The lowest BCUT2D eigenvalue weighted by Crippen LogP contribution is -2.55. The van der Waals surface area contributed by atoms with Crippen LogP contribution in [0.1, 0.15) is 25.3 Å². The second-order valence-corrected chi connectivity index (χ2v) is 7.61. The SMILES string of the molecule is CC1=Cc2oc3nc(C)ccc3c2N(C)B1N1C=CN(c2ccccc2)[C@@H]1C. The van der Waals surface area contributed by atoms with Crippen LogP contribution in [0.4, 0.5) is 11.4 Å². The molecule has 0 bridgehead atoms. The number of para-hydroxylation sites is 1. The zero-order chi connectivity index (χ0) is 19.4. The van der Waals surface area contributed by atoms with Gasteiger partial charge in [0, 0.05) is 23.8 Å². The van der Waals surface area contributed by atoms with Crippen molar-refractivity contribution >= 4 is 35.5 Å². The van der Waals surface area contributed by atoms with Gasteiger partial charge in [0.05, 0.1) is 17.2 Å². The lowest BCUT2D eigenvalue weighted by Gasteiger charge is -2.40. The van der Waals surface area contributed by atoms with Gasteiger partial charge in [-0.25, -0.2) is 4.98 Å². The largest absolute Gasteiger partial charge is 0.436 e. The molecule has 2 aliphatic heterocycles. The van der Waals surface area contributed by atoms with E-state index in [4.69, 9.17) is 4.42 Å². The average molecular weight is 370 g/mol. The van der Waals surface area contributed by atoms with E-state index in [1.54, 1.807) is 0 Å². The molecule has 2 aromatic heterocycles. The highest BCUT2D eigenvalue weighted by Gasteiger charge is 2.41. The minimum atomic E-state index is 0.120. The highest BCUT2D eigenvalue weighted by atomic mass is 16.3. The van der Waals surface area contributed by atoms with Crippen molar-refractivity contribution in [3.05, 3.63) is 71.8 Å². The summed E-state index contributed by atoms with van der Waals surface area (Å²) in [5, 5.41) is 1.06. The number of hydrogen-bond acceptors (Lipinski definition) is 5. The molecule has 0 saturated heterocycles. The third-order valence-corrected chi connectivity index (χ3v) is 5.75. The van der Waals surface area contributed by atoms with Crippen molar-refractivity contribution in [1.29, 1.82) is 0 Å². The number of fused-ring (bicyclic) bond motifs is 3. The summed E-state index contributed by atoms with van der Waals surface area (Å²) < 4.78 is 6.06. The predicted molar refractivity (Wildman–Crippen MR) is 116 cm³/mol. The van der Waals surface area contributed by atoms with E-state index >= 15 is 0 Å². The maximum Gasteiger partial charge on any atom is 0.408 e. The minimum Gasteiger partial charge on any atom is -0.436 e. The molecular weight excluding hydrogens is 347 g/mol. The maximum atomic E-state index is 6.06. The normalized spacial score (nSPS) is 18.9. The van der Waals surface area contributed by atoms with Gasteiger partial charge in [0.2, 0.25) is 5.71 Å². The van der Waals surface area contributed by atoms with Crippen LogP contribution < -0.4 is 9.71 Å². The minimum absolute atomic E-state index is 0.120. The Morgan fingerprint density at radius 1 is 1.04 bits per heavy atom. The van der Waals surface area contributed by atoms with E-state index in [9.17, 15) is 0 Å². The lowest BCUT2D eigenvalue weighted by molar-refractivity contribution is 0.474. The summed E-state index contributed by atoms with van der Waals surface area (Å²) in [5.74, 6) is 0.889. The second kappa shape index (κ2) is 6.19. The number of hydrogen-bond donors (Lipinski definition) is 0. The van der Waals surface area contributed by atoms with Gasteiger partial charge in [0.25, 0.3) is 0 Å². The van der Waals surface area contributed by atoms with Crippen LogP contribution in [0.2, 0.25) is 0 Å². The molecule has 2 aliphatic rings. The number of rotatable bonds is 2. The van der Waals surface area contributed by atoms with Gasteiger partial charge >= 0.3 is 6.98 Å². The van der Waals surface area contributed by atoms with E-state index in [2.05, 4.69) is 95.3 Å². The van der Waals surface area contributed by atoms with Crippen LogP contribution in [0.3, 0.4) is 0 Å². The van der Waals surface area contributed by atoms with Gasteiger partial charge in [0.15, 0.2) is 5.76 Å². The Morgan fingerprint density at radius 3 is 2.61 bits per heavy atom. The Bertz CT molecular complexity index is 1100. The number of benzene rings is 1. The van der Waals surface area contributed by atoms with Crippen molar-refractivity contribution in [2.45, 2.75) is 26.9 Å². The molecular formula is C22H23BN4O. The van der Waals surface area contributed by atoms with Crippen molar-refractivity contribution in [2.75, 3.05) is 16.8 Å². The second-order valence-electron chi connectivity index (χ2n) is 7.61. The fourth-order valence-corrected chi connectivity index (χ4v) is 4.41. The molecule has 4 heterocycles. The van der Waals surface area contributed by atoms with E-state index in [-0.39, 0.29) is 13.1 Å². The fraction of sp³-hybridized carbons (Fsp3) is 0.227. The van der Waals surface area contributed by atoms with E-state index in [0.29, 0.717) is 5.71 Å². The summed E-state index contributed by atoms with van der Waals surface area (Å²) in [4.78, 5) is 11.6. The summed E-state index contributed by atoms with van der Waals surface area (Å²) >= 11 is 0. The van der Waals surface area contributed by atoms with Crippen LogP contribution in [0.5, 0.6) is 0 Å². The summed E-state index contributed by atoms with van der Waals surface area (Å²) in [7, 11) is 2.14. The topological polar surface area (TPSA) is 35.8 Å². The maximum absolute atomic E-state index is 6.06. The molecule has 5 nitrogen and oxygen atoms in total. The number of anilines is 2. The van der Waals surface area contributed by atoms with E-state index < -0.39 is 0 Å². The number of allylic oxidation sites excluding steroid dienone is 1. The number of pyridine rings is 1. The molecule has 3 aromatic rings. The molecule has 0 aliphatic carbocycles. The molecule has 1 atom stereocenters. The summed E-state index contributed by atoms with van der Waals surface area (Å²) in [6, 6.07) is 14.7. The molecule has 0 spiro atoms. The molecule has 0 saturated carbocycles. The quantitative estimate of drug-likeness (QED) is 0.614. The average Bonchev–Trinajstić information content (AvgIpc) is 3.22. The van der Waals surface area contributed by atoms with Gasteiger partial charge < -0.3 is 18.9 Å². The number of aromatic nitrogens is 1. The predicted octanol–water partition coefficient (Wildman–Crippen LogP) is 4.66. The highest BCUT2D eigenvalue weighted by molar-refractivity contribution is 6.70. The van der Waals surface area contributed by atoms with Crippen LogP contribution >= 0.6 is 0 Å². The zero-order valence-corrected chi connectivity index (χ0v) is 16.6. The van der Waals surface area contributed by atoms with Crippen molar-refractivity contribution in [3.8, 4) is 0 Å². The molecule has 0 radical (unpaired) electrons. The van der Waals surface area contributed by atoms with Gasteiger partial charge in [-0.2, -0.15) is 0 Å². The summed E-state index contributed by atoms with van der Waals surface area (Å²) in [6.07, 6.45) is 6.71. The van der Waals surface area contributed by atoms with Gasteiger partial charge in [-0.3, -0.25) is 0 Å². The molecule has 0 amide bonds. The van der Waals surface area contributed by atoms with Crippen LogP contribution in [0.15, 0.2) is 64.8 Å². The smallest absolute Gasteiger partial charge is 0.408 e. The fourth-order valence-electron chi connectivity index (χ4n) is 4.41. The van der Waals surface area contributed by atoms with Crippen LogP contribution in [0, 0.1) is 6.92 Å². The monoisotopic (exact) mass is 370 g/mol. The van der Waals surface area contributed by atoms with Crippen molar-refractivity contribution in [1.82, 2.24) is 9.79 Å². The third kappa shape index (κ3) is 2.44. The Kier molecular flexibility index (Phi) is 3.76. The molecule has 1 aromatic carbocycles. The Hall–Kier alpha value is -3.15. The van der Waals surface area contributed by atoms with Crippen LogP contribution in [-0.2, 0) is 0 Å². The van der Waals surface area contributed by atoms with E-state index in [0.717, 1.165) is 22.5 Å². The first-order chi connectivity index (χ1) is 13.5. The third-order valence-electron chi connectivity index (χ3n) is 5.75. The Labute approximate surface area is 165 Å². The molecule has 0 fully saturated rings. The summed E-state index contributed by atoms with van der Waals surface area (Å²) in [6.45, 7) is 6.52. The first-order valence-electron chi connectivity index (χ1n) is 9.65. The number of furan rings is 1. The Balaban J connectivity index is 1.52. The Morgan fingerprint density at radius 2 is 1.82 bits per heavy atom. The molecule has 28 heavy (non-hydrogen) atoms. The van der Waals surface area contributed by atoms with Crippen molar-refractivity contribution < 1.29 is 4.42 Å². The van der Waals surface area contributed by atoms with E-state index in [1.165, 1.54) is 11.2 Å². The van der Waals surface area contributed by atoms with Gasteiger partial charge in [-0.05, 0) is 58.2 Å². The van der Waals surface area contributed by atoms with Crippen LogP contribution in [0.25, 0.3) is 17.2 Å². The molecule has 0 unspecified atom stereocenters. The lowest BCUT2D eigenvalue weighted by atomic mass is 9.61. The van der Waals surface area contributed by atoms with Crippen molar-refractivity contribution in [3.63, 3.8) is 0 Å². The number of nitrogens with zero attached hydrogens (tertiary/aromatic N) is 4. The van der Waals surface area contributed by atoms with Gasteiger partial charge in [-0.15, -0.1) is 0 Å². The first kappa shape index (κ1) is 17.0. The van der Waals surface area contributed by atoms with Crippen LogP contribution in [-0.4, -0.2) is 30.0 Å². The number of aryl methyl sites for hydroxylation is 1. The zero-order valence-electron chi connectivity index (χ0n) is 16.6. The summed E-state index contributed by atoms with van der Waals surface area (Å²) in [5.41, 5.74) is 5.22. The van der Waals surface area contributed by atoms with Gasteiger partial charge in [0.1, 0.15) is 0 Å². The van der Waals surface area contributed by atoms with Crippen molar-refractivity contribution in [2.24, 2.45) is 0 Å². The van der Waals surface area contributed by atoms with Gasteiger partial charge in [-0.1, -0.05) is 23.7 Å².